The Balaban J connectivity index is 2.41. The van der Waals surface area contributed by atoms with Crippen molar-refractivity contribution >= 4 is 17.5 Å². The molecular weight excluding hydrogens is 409 g/mol. The standard InChI is InChI=1S/C21H26FN3O6/c1-3-29-17-11-15(16(22)12-18(17)31-10-9-26)19(21(27)30-4-2)24-14-7-5-13(6-8-14)20(23)25-28/h5-8,11-12,19,24,26,28H,3-4,9-10H2,1-2H3,(H2,23,25)/t19-/m1/s1. The third-order valence-corrected chi connectivity index (χ3v) is 4.14. The van der Waals surface area contributed by atoms with Gasteiger partial charge in [0.15, 0.2) is 17.5 Å². The smallest absolute Gasteiger partial charge is 0.333 e. The molecule has 1 atom stereocenters. The molecule has 2 aromatic carbocycles. The predicted octanol–water partition coefficient (Wildman–Crippen LogP) is 2.62. The zero-order chi connectivity index (χ0) is 22.8. The summed E-state index contributed by atoms with van der Waals surface area (Å²) in [7, 11) is 0. The number of anilines is 1. The lowest BCUT2D eigenvalue weighted by atomic mass is 10.0. The molecule has 9 nitrogen and oxygen atoms in total. The number of aliphatic hydroxyl groups is 1. The van der Waals surface area contributed by atoms with Crippen LogP contribution in [0.2, 0.25) is 0 Å². The van der Waals surface area contributed by atoms with Crippen LogP contribution < -0.4 is 20.3 Å². The first-order chi connectivity index (χ1) is 14.9. The number of hydroxylamine groups is 1. The van der Waals surface area contributed by atoms with Crippen molar-refractivity contribution < 1.29 is 33.7 Å². The summed E-state index contributed by atoms with van der Waals surface area (Å²) >= 11 is 0. The van der Waals surface area contributed by atoms with Crippen molar-refractivity contribution in [2.45, 2.75) is 19.9 Å². The van der Waals surface area contributed by atoms with Gasteiger partial charge in [-0.25, -0.2) is 9.18 Å². The first-order valence-corrected chi connectivity index (χ1v) is 9.67. The lowest BCUT2D eigenvalue weighted by Crippen LogP contribution is -2.25. The largest absolute Gasteiger partial charge is 0.490 e. The van der Waals surface area contributed by atoms with Crippen molar-refractivity contribution in [2.75, 3.05) is 31.7 Å². The normalized spacial score (nSPS) is 11.4. The fourth-order valence-electron chi connectivity index (χ4n) is 2.76. The van der Waals surface area contributed by atoms with Crippen molar-refractivity contribution in [3.8, 4) is 11.5 Å². The van der Waals surface area contributed by atoms with E-state index in [0.29, 0.717) is 11.3 Å². The fourth-order valence-corrected chi connectivity index (χ4v) is 2.76. The van der Waals surface area contributed by atoms with Gasteiger partial charge in [0.25, 0.3) is 0 Å². The maximum atomic E-state index is 15.0. The number of hydrogen-bond donors (Lipinski definition) is 5. The molecule has 0 spiro atoms. The zero-order valence-corrected chi connectivity index (χ0v) is 17.3. The highest BCUT2D eigenvalue weighted by Gasteiger charge is 2.27. The highest BCUT2D eigenvalue weighted by atomic mass is 19.1. The average Bonchev–Trinajstić information content (AvgIpc) is 2.77. The minimum Gasteiger partial charge on any atom is -0.490 e. The van der Waals surface area contributed by atoms with Crippen molar-refractivity contribution in [1.82, 2.24) is 5.48 Å². The van der Waals surface area contributed by atoms with Crippen molar-refractivity contribution in [3.63, 3.8) is 0 Å². The van der Waals surface area contributed by atoms with Gasteiger partial charge in [-0.2, -0.15) is 0 Å². The molecular formula is C21H26FN3O6. The number of carbonyl (C=O) groups excluding carboxylic acids is 1. The lowest BCUT2D eigenvalue weighted by Gasteiger charge is -2.21. The highest BCUT2D eigenvalue weighted by molar-refractivity contribution is 5.95. The summed E-state index contributed by atoms with van der Waals surface area (Å²) in [5.41, 5.74) is 2.61. The zero-order valence-electron chi connectivity index (χ0n) is 17.3. The first-order valence-electron chi connectivity index (χ1n) is 9.67. The minimum atomic E-state index is -1.19. The van der Waals surface area contributed by atoms with Crippen LogP contribution >= 0.6 is 0 Å². The molecule has 0 aliphatic heterocycles. The number of esters is 1. The number of nitrogens with one attached hydrogen (secondary N) is 3. The molecule has 0 heterocycles. The molecule has 0 radical (unpaired) electrons. The fraction of sp³-hybridized carbons (Fsp3) is 0.333. The lowest BCUT2D eigenvalue weighted by molar-refractivity contribution is -0.144. The van der Waals surface area contributed by atoms with Crippen LogP contribution in [0.3, 0.4) is 0 Å². The number of aliphatic hydroxyl groups excluding tert-OH is 1. The summed E-state index contributed by atoms with van der Waals surface area (Å²) in [5, 5.41) is 28.3. The van der Waals surface area contributed by atoms with E-state index in [0.717, 1.165) is 6.07 Å². The van der Waals surface area contributed by atoms with E-state index in [4.69, 9.17) is 29.9 Å². The number of rotatable bonds is 11. The van der Waals surface area contributed by atoms with E-state index in [1.165, 1.54) is 6.07 Å². The van der Waals surface area contributed by atoms with Crippen LogP contribution in [0.5, 0.6) is 11.5 Å². The van der Waals surface area contributed by atoms with Gasteiger partial charge in [0.2, 0.25) is 0 Å². The van der Waals surface area contributed by atoms with Crippen LogP contribution in [0.4, 0.5) is 10.1 Å². The molecule has 10 heteroatoms. The number of benzene rings is 2. The molecule has 0 aliphatic carbocycles. The number of carbonyl (C=O) groups is 1. The van der Waals surface area contributed by atoms with Crippen LogP contribution in [0.15, 0.2) is 36.4 Å². The molecule has 0 fully saturated rings. The number of hydrogen-bond acceptors (Lipinski definition) is 8. The van der Waals surface area contributed by atoms with E-state index in [-0.39, 0.29) is 49.3 Å². The number of ether oxygens (including phenoxy) is 3. The maximum Gasteiger partial charge on any atom is 0.333 e. The van der Waals surface area contributed by atoms with Gasteiger partial charge >= 0.3 is 5.97 Å². The Morgan fingerprint density at radius 1 is 1.13 bits per heavy atom. The van der Waals surface area contributed by atoms with E-state index in [1.807, 2.05) is 0 Å². The monoisotopic (exact) mass is 435 g/mol. The predicted molar refractivity (Wildman–Crippen MR) is 111 cm³/mol. The average molecular weight is 435 g/mol. The SMILES string of the molecule is CCOC(=O)[C@H](Nc1ccc(C(=N)NO)cc1)c1cc(OCC)c(OCCO)cc1F. The van der Waals surface area contributed by atoms with Gasteiger partial charge in [0, 0.05) is 22.9 Å². The van der Waals surface area contributed by atoms with Crippen LogP contribution in [0.25, 0.3) is 0 Å². The molecule has 31 heavy (non-hydrogen) atoms. The summed E-state index contributed by atoms with van der Waals surface area (Å²) < 4.78 is 30.9. The molecule has 0 aliphatic rings. The first kappa shape index (κ1) is 23.9. The number of amidine groups is 1. The van der Waals surface area contributed by atoms with Gasteiger partial charge in [-0.05, 0) is 44.2 Å². The topological polar surface area (TPSA) is 133 Å². The molecule has 0 amide bonds. The van der Waals surface area contributed by atoms with Gasteiger partial charge in [-0.15, -0.1) is 0 Å². The van der Waals surface area contributed by atoms with Crippen molar-refractivity contribution in [1.29, 1.82) is 5.41 Å². The van der Waals surface area contributed by atoms with Gasteiger partial charge < -0.3 is 24.6 Å². The van der Waals surface area contributed by atoms with E-state index in [9.17, 15) is 9.18 Å². The Morgan fingerprint density at radius 2 is 1.81 bits per heavy atom. The Hall–Kier alpha value is -3.37. The molecule has 0 saturated heterocycles. The quantitative estimate of drug-likeness (QED) is 0.157. The van der Waals surface area contributed by atoms with E-state index < -0.39 is 17.8 Å². The summed E-state index contributed by atoms with van der Waals surface area (Å²) in [5.74, 6) is -1.27. The Labute approximate surface area is 179 Å². The molecule has 0 saturated carbocycles. The highest BCUT2D eigenvalue weighted by Crippen LogP contribution is 2.34. The van der Waals surface area contributed by atoms with Crippen LogP contribution in [-0.4, -0.2) is 48.5 Å². The second-order valence-corrected chi connectivity index (χ2v) is 6.22. The molecule has 2 aromatic rings. The molecule has 5 N–H and O–H groups in total. The van der Waals surface area contributed by atoms with E-state index in [1.54, 1.807) is 43.6 Å². The second-order valence-electron chi connectivity index (χ2n) is 6.22. The van der Waals surface area contributed by atoms with Gasteiger partial charge in [-0.3, -0.25) is 16.1 Å². The molecule has 0 aromatic heterocycles. The van der Waals surface area contributed by atoms with Crippen LogP contribution in [0, 0.1) is 11.2 Å². The summed E-state index contributed by atoms with van der Waals surface area (Å²) in [6, 6.07) is 7.52. The van der Waals surface area contributed by atoms with Crippen molar-refractivity contribution in [3.05, 3.63) is 53.3 Å². The van der Waals surface area contributed by atoms with Gasteiger partial charge in [0.1, 0.15) is 18.3 Å². The third kappa shape index (κ3) is 6.30. The maximum absolute atomic E-state index is 15.0. The third-order valence-electron chi connectivity index (χ3n) is 4.14. The summed E-state index contributed by atoms with van der Waals surface area (Å²) in [6.45, 7) is 3.49. The Morgan fingerprint density at radius 3 is 2.39 bits per heavy atom. The van der Waals surface area contributed by atoms with Crippen LogP contribution in [-0.2, 0) is 9.53 Å². The van der Waals surface area contributed by atoms with E-state index >= 15 is 0 Å². The van der Waals surface area contributed by atoms with Crippen molar-refractivity contribution in [2.24, 2.45) is 0 Å². The van der Waals surface area contributed by atoms with Gasteiger partial charge in [0.05, 0.1) is 19.8 Å². The number of halogens is 1. The summed E-state index contributed by atoms with van der Waals surface area (Å²) in [4.78, 5) is 12.6. The summed E-state index contributed by atoms with van der Waals surface area (Å²) in [6.07, 6.45) is 0. The minimum absolute atomic E-state index is 0.00732. The van der Waals surface area contributed by atoms with E-state index in [2.05, 4.69) is 5.32 Å². The molecule has 0 unspecified atom stereocenters. The van der Waals surface area contributed by atoms with Crippen LogP contribution in [0.1, 0.15) is 31.0 Å². The second kappa shape index (κ2) is 11.7. The van der Waals surface area contributed by atoms with Gasteiger partial charge in [-0.1, -0.05) is 0 Å². The Bertz CT molecular complexity index is 891. The molecule has 0 bridgehead atoms. The molecule has 2 rings (SSSR count). The molecule has 168 valence electrons. The Kier molecular flexibility index (Phi) is 9.04.